The molecule has 0 saturated carbocycles. The van der Waals surface area contributed by atoms with Crippen LogP contribution in [0.2, 0.25) is 0 Å². The van der Waals surface area contributed by atoms with Crippen LogP contribution in [0.5, 0.6) is 0 Å². The maximum Gasteiger partial charge on any atom is 0.319 e. The van der Waals surface area contributed by atoms with Crippen molar-refractivity contribution in [1.82, 2.24) is 4.90 Å². The van der Waals surface area contributed by atoms with Crippen molar-refractivity contribution < 1.29 is 14.3 Å². The molecule has 4 nitrogen and oxygen atoms in total. The Kier molecular flexibility index (Phi) is 4.90. The maximum atomic E-state index is 11.0. The number of ether oxygens (including phenoxy) is 2. The largest absolute Gasteiger partial charge is 0.468 e. The molecule has 82 valence electrons. The number of esters is 1. The molecule has 1 atom stereocenters. The van der Waals surface area contributed by atoms with Crippen molar-refractivity contribution in [3.63, 3.8) is 0 Å². The van der Waals surface area contributed by atoms with E-state index in [1.165, 1.54) is 7.11 Å². The van der Waals surface area contributed by atoms with E-state index in [9.17, 15) is 4.79 Å². The molecule has 1 rings (SSSR count). The van der Waals surface area contributed by atoms with Crippen molar-refractivity contribution in [2.75, 3.05) is 33.4 Å². The Labute approximate surface area is 85.2 Å². The summed E-state index contributed by atoms with van der Waals surface area (Å²) in [6.07, 6.45) is 2.49. The van der Waals surface area contributed by atoms with Crippen molar-refractivity contribution in [3.8, 4) is 0 Å². The van der Waals surface area contributed by atoms with E-state index >= 15 is 0 Å². The number of nitrogens with zero attached hydrogens (tertiary/aromatic N) is 1. The molecule has 1 aliphatic heterocycles. The summed E-state index contributed by atoms with van der Waals surface area (Å²) in [5.41, 5.74) is 0. The first-order valence-electron chi connectivity index (χ1n) is 5.17. The van der Waals surface area contributed by atoms with Crippen molar-refractivity contribution in [3.05, 3.63) is 0 Å². The second kappa shape index (κ2) is 5.98. The van der Waals surface area contributed by atoms with Crippen molar-refractivity contribution >= 4 is 5.97 Å². The Morgan fingerprint density at radius 1 is 1.57 bits per heavy atom. The first kappa shape index (κ1) is 11.5. The Morgan fingerprint density at radius 3 is 3.00 bits per heavy atom. The SMILES string of the molecule is CCOC1CCCN(CC(=O)OC)C1. The van der Waals surface area contributed by atoms with E-state index in [2.05, 4.69) is 9.64 Å². The summed E-state index contributed by atoms with van der Waals surface area (Å²) in [6.45, 7) is 4.96. The highest BCUT2D eigenvalue weighted by molar-refractivity contribution is 5.71. The number of piperidine rings is 1. The van der Waals surface area contributed by atoms with Crippen molar-refractivity contribution in [1.29, 1.82) is 0 Å². The Morgan fingerprint density at radius 2 is 2.36 bits per heavy atom. The van der Waals surface area contributed by atoms with E-state index in [1.54, 1.807) is 0 Å². The monoisotopic (exact) mass is 201 g/mol. The molecule has 0 bridgehead atoms. The molecule has 0 amide bonds. The normalized spacial score (nSPS) is 23.4. The van der Waals surface area contributed by atoms with Crippen LogP contribution in [-0.4, -0.2) is 50.3 Å². The molecule has 0 aliphatic carbocycles. The van der Waals surface area contributed by atoms with Crippen LogP contribution in [0.4, 0.5) is 0 Å². The van der Waals surface area contributed by atoms with E-state index in [-0.39, 0.29) is 5.97 Å². The van der Waals surface area contributed by atoms with Crippen LogP contribution >= 0.6 is 0 Å². The van der Waals surface area contributed by atoms with Gasteiger partial charge >= 0.3 is 5.97 Å². The van der Waals surface area contributed by atoms with E-state index in [0.717, 1.165) is 32.5 Å². The fourth-order valence-electron chi connectivity index (χ4n) is 1.78. The van der Waals surface area contributed by atoms with E-state index in [4.69, 9.17) is 4.74 Å². The zero-order valence-corrected chi connectivity index (χ0v) is 8.99. The van der Waals surface area contributed by atoms with Gasteiger partial charge in [0.15, 0.2) is 0 Å². The summed E-state index contributed by atoms with van der Waals surface area (Å²) in [6, 6.07) is 0. The number of likely N-dealkylation sites (tertiary alicyclic amines) is 1. The number of carbonyl (C=O) groups excluding carboxylic acids is 1. The van der Waals surface area contributed by atoms with Crippen LogP contribution in [0.3, 0.4) is 0 Å². The minimum absolute atomic E-state index is 0.165. The third-order valence-corrected chi connectivity index (χ3v) is 2.45. The lowest BCUT2D eigenvalue weighted by Crippen LogP contribution is -2.42. The predicted octanol–water partition coefficient (Wildman–Crippen LogP) is 0.660. The van der Waals surface area contributed by atoms with Gasteiger partial charge in [-0.3, -0.25) is 9.69 Å². The lowest BCUT2D eigenvalue weighted by atomic mass is 10.1. The second-order valence-corrected chi connectivity index (χ2v) is 3.53. The van der Waals surface area contributed by atoms with Crippen LogP contribution in [0.1, 0.15) is 19.8 Å². The van der Waals surface area contributed by atoms with Crippen LogP contribution in [0, 0.1) is 0 Å². The van der Waals surface area contributed by atoms with Gasteiger partial charge in [-0.25, -0.2) is 0 Å². The second-order valence-electron chi connectivity index (χ2n) is 3.53. The lowest BCUT2D eigenvalue weighted by Gasteiger charge is -2.31. The summed E-state index contributed by atoms with van der Waals surface area (Å²) in [4.78, 5) is 13.1. The fraction of sp³-hybridized carbons (Fsp3) is 0.900. The standard InChI is InChI=1S/C10H19NO3/c1-3-14-9-5-4-6-11(7-9)8-10(12)13-2/h9H,3-8H2,1-2H3. The van der Waals surface area contributed by atoms with Gasteiger partial charge in [0.25, 0.3) is 0 Å². The van der Waals surface area contributed by atoms with Gasteiger partial charge in [-0.2, -0.15) is 0 Å². The minimum atomic E-state index is -0.165. The zero-order chi connectivity index (χ0) is 10.4. The van der Waals surface area contributed by atoms with Gasteiger partial charge in [0.1, 0.15) is 0 Å². The molecule has 0 aromatic rings. The third kappa shape index (κ3) is 3.64. The molecule has 1 heterocycles. The molecular formula is C10H19NO3. The van der Waals surface area contributed by atoms with Crippen molar-refractivity contribution in [2.45, 2.75) is 25.9 Å². The maximum absolute atomic E-state index is 11.0. The van der Waals surface area contributed by atoms with E-state index < -0.39 is 0 Å². The molecule has 0 aromatic carbocycles. The Bertz CT molecular complexity index is 182. The summed E-state index contributed by atoms with van der Waals surface area (Å²) in [5.74, 6) is -0.165. The fourth-order valence-corrected chi connectivity index (χ4v) is 1.78. The molecule has 0 aromatic heterocycles. The molecule has 0 spiro atoms. The van der Waals surface area contributed by atoms with Gasteiger partial charge in [0.2, 0.25) is 0 Å². The smallest absolute Gasteiger partial charge is 0.319 e. The van der Waals surface area contributed by atoms with Gasteiger partial charge < -0.3 is 9.47 Å². The minimum Gasteiger partial charge on any atom is -0.468 e. The highest BCUT2D eigenvalue weighted by Crippen LogP contribution is 2.12. The molecule has 0 N–H and O–H groups in total. The molecule has 1 unspecified atom stereocenters. The summed E-state index contributed by atoms with van der Waals surface area (Å²) >= 11 is 0. The molecule has 1 aliphatic rings. The number of rotatable bonds is 4. The van der Waals surface area contributed by atoms with E-state index in [0.29, 0.717) is 12.6 Å². The highest BCUT2D eigenvalue weighted by atomic mass is 16.5. The van der Waals surface area contributed by atoms with Crippen molar-refractivity contribution in [2.24, 2.45) is 0 Å². The van der Waals surface area contributed by atoms with Crippen LogP contribution < -0.4 is 0 Å². The zero-order valence-electron chi connectivity index (χ0n) is 8.99. The first-order valence-corrected chi connectivity index (χ1v) is 5.17. The number of hydrogen-bond donors (Lipinski definition) is 0. The average molecular weight is 201 g/mol. The molecular weight excluding hydrogens is 182 g/mol. The van der Waals surface area contributed by atoms with Gasteiger partial charge in [0, 0.05) is 13.2 Å². The highest BCUT2D eigenvalue weighted by Gasteiger charge is 2.21. The van der Waals surface area contributed by atoms with Crippen LogP contribution in [0.15, 0.2) is 0 Å². The molecule has 0 radical (unpaired) electrons. The van der Waals surface area contributed by atoms with Crippen LogP contribution in [-0.2, 0) is 14.3 Å². The number of hydrogen-bond acceptors (Lipinski definition) is 4. The predicted molar refractivity (Wildman–Crippen MR) is 53.1 cm³/mol. The summed E-state index contributed by atoms with van der Waals surface area (Å²) in [5, 5.41) is 0. The molecule has 14 heavy (non-hydrogen) atoms. The van der Waals surface area contributed by atoms with Gasteiger partial charge in [-0.15, -0.1) is 0 Å². The first-order chi connectivity index (χ1) is 6.76. The quantitative estimate of drug-likeness (QED) is 0.626. The average Bonchev–Trinajstić information content (AvgIpc) is 2.19. The van der Waals surface area contributed by atoms with Gasteiger partial charge in [-0.1, -0.05) is 0 Å². The van der Waals surface area contributed by atoms with Gasteiger partial charge in [0.05, 0.1) is 19.8 Å². The number of carbonyl (C=O) groups is 1. The van der Waals surface area contributed by atoms with Crippen LogP contribution in [0.25, 0.3) is 0 Å². The summed E-state index contributed by atoms with van der Waals surface area (Å²) in [7, 11) is 1.42. The van der Waals surface area contributed by atoms with Gasteiger partial charge in [-0.05, 0) is 26.3 Å². The molecule has 1 fully saturated rings. The van der Waals surface area contributed by atoms with E-state index in [1.807, 2.05) is 6.92 Å². The molecule has 4 heteroatoms. The Hall–Kier alpha value is -0.610. The third-order valence-electron chi connectivity index (χ3n) is 2.45. The topological polar surface area (TPSA) is 38.8 Å². The molecule has 1 saturated heterocycles. The Balaban J connectivity index is 2.28. The lowest BCUT2D eigenvalue weighted by molar-refractivity contribution is -0.142. The number of methoxy groups -OCH3 is 1. The summed E-state index contributed by atoms with van der Waals surface area (Å²) < 4.78 is 10.2.